The summed E-state index contributed by atoms with van der Waals surface area (Å²) in [6.07, 6.45) is 3.84. The molecular weight excluding hydrogens is 304 g/mol. The highest BCUT2D eigenvalue weighted by Crippen LogP contribution is 2.16. The Labute approximate surface area is 145 Å². The van der Waals surface area contributed by atoms with E-state index in [-0.39, 0.29) is 11.1 Å². The molecule has 0 saturated heterocycles. The summed E-state index contributed by atoms with van der Waals surface area (Å²) in [6, 6.07) is 6.68. The van der Waals surface area contributed by atoms with Crippen LogP contribution in [0, 0.1) is 11.8 Å². The first-order valence-electron chi connectivity index (χ1n) is 9.00. The van der Waals surface area contributed by atoms with Gasteiger partial charge < -0.3 is 9.47 Å². The fourth-order valence-corrected chi connectivity index (χ4v) is 2.43. The van der Waals surface area contributed by atoms with Crippen LogP contribution in [0.25, 0.3) is 0 Å². The molecule has 0 unspecified atom stereocenters. The molecule has 1 rings (SSSR count). The van der Waals surface area contributed by atoms with E-state index in [0.29, 0.717) is 25.0 Å². The third-order valence-electron chi connectivity index (χ3n) is 4.58. The fourth-order valence-electron chi connectivity index (χ4n) is 2.43. The third-order valence-corrected chi connectivity index (χ3v) is 4.58. The van der Waals surface area contributed by atoms with Crippen LogP contribution in [0.15, 0.2) is 24.3 Å². The second-order valence-electron chi connectivity index (χ2n) is 6.11. The van der Waals surface area contributed by atoms with E-state index in [4.69, 9.17) is 9.47 Å². The molecule has 134 valence electrons. The molecule has 0 saturated carbocycles. The first kappa shape index (κ1) is 20.2. The van der Waals surface area contributed by atoms with Crippen molar-refractivity contribution in [3.8, 4) is 0 Å². The lowest BCUT2D eigenvalue weighted by atomic mass is 10.0. The Morgan fingerprint density at radius 2 is 1.08 bits per heavy atom. The number of hydrogen-bond acceptors (Lipinski definition) is 4. The van der Waals surface area contributed by atoms with Crippen LogP contribution >= 0.6 is 0 Å². The Bertz CT molecular complexity index is 469. The number of rotatable bonds is 10. The molecule has 0 aliphatic rings. The molecule has 0 bridgehead atoms. The van der Waals surface area contributed by atoms with Crippen LogP contribution in [0.3, 0.4) is 0 Å². The SMILES string of the molecule is CCC(CC)COC(=O)c1ccccc1C(=O)OCC(CC)CC. The summed E-state index contributed by atoms with van der Waals surface area (Å²) >= 11 is 0. The lowest BCUT2D eigenvalue weighted by Crippen LogP contribution is -2.19. The Morgan fingerprint density at radius 1 is 0.750 bits per heavy atom. The standard InChI is InChI=1S/C20H30O4/c1-5-15(6-2)13-23-19(21)17-11-9-10-12-18(17)20(22)24-14-16(7-3)8-4/h9-12,15-16H,5-8,13-14H2,1-4H3. The van der Waals surface area contributed by atoms with Gasteiger partial charge in [0.25, 0.3) is 0 Å². The summed E-state index contributed by atoms with van der Waals surface area (Å²) in [5, 5.41) is 0. The second kappa shape index (κ2) is 10.8. The zero-order valence-electron chi connectivity index (χ0n) is 15.3. The topological polar surface area (TPSA) is 52.6 Å². The van der Waals surface area contributed by atoms with Crippen LogP contribution in [0.1, 0.15) is 74.1 Å². The van der Waals surface area contributed by atoms with E-state index >= 15 is 0 Å². The predicted octanol–water partition coefficient (Wildman–Crippen LogP) is 4.87. The van der Waals surface area contributed by atoms with E-state index in [2.05, 4.69) is 27.7 Å². The highest BCUT2D eigenvalue weighted by atomic mass is 16.5. The minimum atomic E-state index is -0.461. The summed E-state index contributed by atoms with van der Waals surface area (Å²) in [5.74, 6) is -0.222. The normalized spacial score (nSPS) is 10.9. The van der Waals surface area contributed by atoms with Gasteiger partial charge in [-0.15, -0.1) is 0 Å². The van der Waals surface area contributed by atoms with Crippen molar-refractivity contribution in [1.29, 1.82) is 0 Å². The molecule has 1 aromatic rings. The Kier molecular flexibility index (Phi) is 9.13. The van der Waals surface area contributed by atoms with E-state index in [1.54, 1.807) is 24.3 Å². The van der Waals surface area contributed by atoms with Crippen molar-refractivity contribution in [1.82, 2.24) is 0 Å². The minimum Gasteiger partial charge on any atom is -0.462 e. The zero-order chi connectivity index (χ0) is 17.9. The Morgan fingerprint density at radius 3 is 1.38 bits per heavy atom. The number of ether oxygens (including phenoxy) is 2. The number of carbonyl (C=O) groups is 2. The van der Waals surface area contributed by atoms with Crippen LogP contribution in [0.2, 0.25) is 0 Å². The van der Waals surface area contributed by atoms with Crippen molar-refractivity contribution in [2.45, 2.75) is 53.4 Å². The van der Waals surface area contributed by atoms with Crippen molar-refractivity contribution < 1.29 is 19.1 Å². The van der Waals surface area contributed by atoms with Crippen molar-refractivity contribution in [2.24, 2.45) is 11.8 Å². The first-order chi connectivity index (χ1) is 11.6. The van der Waals surface area contributed by atoms with Crippen LogP contribution in [-0.4, -0.2) is 25.2 Å². The quantitative estimate of drug-likeness (QED) is 0.573. The van der Waals surface area contributed by atoms with Gasteiger partial charge in [0.1, 0.15) is 0 Å². The molecule has 0 aliphatic heterocycles. The summed E-state index contributed by atoms with van der Waals surface area (Å²) in [5.41, 5.74) is 0.552. The van der Waals surface area contributed by atoms with Crippen molar-refractivity contribution in [3.63, 3.8) is 0 Å². The van der Waals surface area contributed by atoms with Gasteiger partial charge in [-0.3, -0.25) is 0 Å². The molecule has 0 radical (unpaired) electrons. The third kappa shape index (κ3) is 5.99. The lowest BCUT2D eigenvalue weighted by Gasteiger charge is -2.15. The number of hydrogen-bond donors (Lipinski definition) is 0. The second-order valence-corrected chi connectivity index (χ2v) is 6.11. The van der Waals surface area contributed by atoms with Crippen LogP contribution in [0.4, 0.5) is 0 Å². The first-order valence-corrected chi connectivity index (χ1v) is 9.00. The molecule has 0 aromatic heterocycles. The Hall–Kier alpha value is -1.84. The van der Waals surface area contributed by atoms with Gasteiger partial charge in [0, 0.05) is 0 Å². The summed E-state index contributed by atoms with van der Waals surface area (Å²) < 4.78 is 10.8. The van der Waals surface area contributed by atoms with Gasteiger partial charge in [0.15, 0.2) is 0 Å². The van der Waals surface area contributed by atoms with Crippen molar-refractivity contribution in [3.05, 3.63) is 35.4 Å². The minimum absolute atomic E-state index is 0.276. The number of carbonyl (C=O) groups excluding carboxylic acids is 2. The van der Waals surface area contributed by atoms with Gasteiger partial charge in [-0.25, -0.2) is 9.59 Å². The molecule has 0 N–H and O–H groups in total. The van der Waals surface area contributed by atoms with Gasteiger partial charge in [0.05, 0.1) is 24.3 Å². The highest BCUT2D eigenvalue weighted by molar-refractivity contribution is 6.03. The molecule has 0 spiro atoms. The van der Waals surface area contributed by atoms with Gasteiger partial charge in [-0.05, 0) is 24.0 Å². The van der Waals surface area contributed by atoms with E-state index in [1.165, 1.54) is 0 Å². The van der Waals surface area contributed by atoms with Crippen molar-refractivity contribution in [2.75, 3.05) is 13.2 Å². The molecule has 4 nitrogen and oxygen atoms in total. The average molecular weight is 334 g/mol. The van der Waals surface area contributed by atoms with E-state index in [9.17, 15) is 9.59 Å². The van der Waals surface area contributed by atoms with E-state index in [0.717, 1.165) is 25.7 Å². The van der Waals surface area contributed by atoms with Crippen LogP contribution in [0.5, 0.6) is 0 Å². The highest BCUT2D eigenvalue weighted by Gasteiger charge is 2.20. The maximum absolute atomic E-state index is 12.3. The van der Waals surface area contributed by atoms with Crippen LogP contribution < -0.4 is 0 Å². The molecule has 1 aromatic carbocycles. The van der Waals surface area contributed by atoms with Gasteiger partial charge in [-0.1, -0.05) is 65.5 Å². The summed E-state index contributed by atoms with van der Waals surface area (Å²) in [4.78, 5) is 24.7. The Balaban J connectivity index is 2.76. The number of benzene rings is 1. The van der Waals surface area contributed by atoms with E-state index in [1.807, 2.05) is 0 Å². The maximum Gasteiger partial charge on any atom is 0.339 e. The monoisotopic (exact) mass is 334 g/mol. The molecule has 0 fully saturated rings. The average Bonchev–Trinajstić information content (AvgIpc) is 2.63. The molecule has 0 amide bonds. The van der Waals surface area contributed by atoms with Gasteiger partial charge in [0.2, 0.25) is 0 Å². The zero-order valence-corrected chi connectivity index (χ0v) is 15.3. The fraction of sp³-hybridized carbons (Fsp3) is 0.600. The van der Waals surface area contributed by atoms with Crippen molar-refractivity contribution >= 4 is 11.9 Å². The smallest absolute Gasteiger partial charge is 0.339 e. The molecule has 0 atom stereocenters. The lowest BCUT2D eigenvalue weighted by molar-refractivity contribution is 0.0386. The maximum atomic E-state index is 12.3. The predicted molar refractivity (Wildman–Crippen MR) is 95.2 cm³/mol. The molecule has 0 heterocycles. The van der Waals surface area contributed by atoms with Gasteiger partial charge in [-0.2, -0.15) is 0 Å². The van der Waals surface area contributed by atoms with Crippen LogP contribution in [-0.2, 0) is 9.47 Å². The molecular formula is C20H30O4. The largest absolute Gasteiger partial charge is 0.462 e. The summed E-state index contributed by atoms with van der Waals surface area (Å²) in [7, 11) is 0. The molecule has 4 heteroatoms. The number of esters is 2. The molecule has 24 heavy (non-hydrogen) atoms. The van der Waals surface area contributed by atoms with E-state index < -0.39 is 11.9 Å². The molecule has 0 aliphatic carbocycles. The summed E-state index contributed by atoms with van der Waals surface area (Å²) in [6.45, 7) is 9.05. The van der Waals surface area contributed by atoms with Gasteiger partial charge >= 0.3 is 11.9 Å².